The first kappa shape index (κ1) is 15.4. The van der Waals surface area contributed by atoms with Gasteiger partial charge in [-0.25, -0.2) is 0 Å². The molecule has 1 fully saturated rings. The van der Waals surface area contributed by atoms with Crippen molar-refractivity contribution in [3.8, 4) is 0 Å². The van der Waals surface area contributed by atoms with Crippen LogP contribution in [0.2, 0.25) is 0 Å². The van der Waals surface area contributed by atoms with Gasteiger partial charge < -0.3 is 10.6 Å². The fraction of sp³-hybridized carbons (Fsp3) is 0.667. The van der Waals surface area contributed by atoms with Crippen LogP contribution in [0, 0.1) is 12.8 Å². The molecular formula is C18H30N2. The average molecular weight is 274 g/mol. The molecule has 1 heterocycles. The second-order valence-electron chi connectivity index (χ2n) is 6.56. The van der Waals surface area contributed by atoms with Crippen molar-refractivity contribution in [3.63, 3.8) is 0 Å². The van der Waals surface area contributed by atoms with E-state index < -0.39 is 0 Å². The minimum atomic E-state index is 0.271. The lowest BCUT2D eigenvalue weighted by Crippen LogP contribution is -2.43. The lowest BCUT2D eigenvalue weighted by molar-refractivity contribution is 0.363. The fourth-order valence-corrected chi connectivity index (χ4v) is 3.26. The first-order valence-corrected chi connectivity index (χ1v) is 8.14. The van der Waals surface area contributed by atoms with E-state index in [1.807, 2.05) is 0 Å². The van der Waals surface area contributed by atoms with Crippen molar-refractivity contribution in [1.82, 2.24) is 0 Å². The van der Waals surface area contributed by atoms with Crippen LogP contribution in [0.4, 0.5) is 5.69 Å². The molecule has 2 heteroatoms. The molecule has 1 aromatic carbocycles. The zero-order chi connectivity index (χ0) is 14.7. The van der Waals surface area contributed by atoms with Gasteiger partial charge in [0.2, 0.25) is 0 Å². The highest BCUT2D eigenvalue weighted by atomic mass is 15.2. The van der Waals surface area contributed by atoms with Gasteiger partial charge in [-0.3, -0.25) is 0 Å². The largest absolute Gasteiger partial charge is 0.368 e. The molecule has 2 N–H and O–H groups in total. The molecule has 2 nitrogen and oxygen atoms in total. The Morgan fingerprint density at radius 3 is 2.80 bits per heavy atom. The molecule has 112 valence electrons. The summed E-state index contributed by atoms with van der Waals surface area (Å²) in [5.41, 5.74) is 10.4. The Kier molecular flexibility index (Phi) is 5.09. The molecular weight excluding hydrogens is 244 g/mol. The third kappa shape index (κ3) is 3.35. The number of benzene rings is 1. The van der Waals surface area contributed by atoms with E-state index in [1.165, 1.54) is 36.2 Å². The maximum atomic E-state index is 6.20. The zero-order valence-electron chi connectivity index (χ0n) is 13.5. The van der Waals surface area contributed by atoms with Gasteiger partial charge in [0.15, 0.2) is 0 Å². The number of piperidine rings is 1. The molecule has 1 aromatic rings. The third-order valence-corrected chi connectivity index (χ3v) is 4.92. The predicted molar refractivity (Wildman–Crippen MR) is 88.4 cm³/mol. The Morgan fingerprint density at radius 2 is 2.10 bits per heavy atom. The minimum absolute atomic E-state index is 0.271. The van der Waals surface area contributed by atoms with E-state index in [-0.39, 0.29) is 6.04 Å². The SMILES string of the molecule is CCC(N)Cc1cc(C)ccc1N1CCCC(C)C1C. The molecule has 3 unspecified atom stereocenters. The molecule has 0 amide bonds. The minimum Gasteiger partial charge on any atom is -0.368 e. The van der Waals surface area contributed by atoms with Gasteiger partial charge in [-0.1, -0.05) is 31.5 Å². The monoisotopic (exact) mass is 274 g/mol. The molecule has 1 aliphatic rings. The van der Waals surface area contributed by atoms with Crippen LogP contribution in [-0.4, -0.2) is 18.6 Å². The van der Waals surface area contributed by atoms with Crippen molar-refractivity contribution in [1.29, 1.82) is 0 Å². The summed E-state index contributed by atoms with van der Waals surface area (Å²) in [7, 11) is 0. The molecule has 1 aliphatic heterocycles. The lowest BCUT2D eigenvalue weighted by Gasteiger charge is -2.41. The summed E-state index contributed by atoms with van der Waals surface area (Å²) in [4.78, 5) is 2.60. The van der Waals surface area contributed by atoms with Crippen molar-refractivity contribution in [2.45, 2.75) is 65.5 Å². The van der Waals surface area contributed by atoms with E-state index in [9.17, 15) is 0 Å². The van der Waals surface area contributed by atoms with Crippen LogP contribution in [0.5, 0.6) is 0 Å². The second-order valence-corrected chi connectivity index (χ2v) is 6.56. The van der Waals surface area contributed by atoms with Gasteiger partial charge >= 0.3 is 0 Å². The number of nitrogens with zero attached hydrogens (tertiary/aromatic N) is 1. The number of nitrogens with two attached hydrogens (primary N) is 1. The number of hydrogen-bond donors (Lipinski definition) is 1. The summed E-state index contributed by atoms with van der Waals surface area (Å²) in [6.45, 7) is 10.3. The van der Waals surface area contributed by atoms with Crippen LogP contribution in [0.1, 0.15) is 51.2 Å². The molecule has 20 heavy (non-hydrogen) atoms. The van der Waals surface area contributed by atoms with Crippen LogP contribution < -0.4 is 10.6 Å². The molecule has 0 radical (unpaired) electrons. The molecule has 3 atom stereocenters. The number of hydrogen-bond acceptors (Lipinski definition) is 2. The van der Waals surface area contributed by atoms with Crippen LogP contribution in [0.25, 0.3) is 0 Å². The van der Waals surface area contributed by atoms with Crippen LogP contribution in [-0.2, 0) is 6.42 Å². The molecule has 1 saturated heterocycles. The second kappa shape index (κ2) is 6.62. The highest BCUT2D eigenvalue weighted by Gasteiger charge is 2.26. The summed E-state index contributed by atoms with van der Waals surface area (Å²) in [5.74, 6) is 0.776. The fourth-order valence-electron chi connectivity index (χ4n) is 3.26. The summed E-state index contributed by atoms with van der Waals surface area (Å²) < 4.78 is 0. The number of aryl methyl sites for hydroxylation is 1. The number of anilines is 1. The summed E-state index contributed by atoms with van der Waals surface area (Å²) in [6.07, 6.45) is 4.69. The van der Waals surface area contributed by atoms with Gasteiger partial charge in [0.05, 0.1) is 0 Å². The Morgan fingerprint density at radius 1 is 1.35 bits per heavy atom. The van der Waals surface area contributed by atoms with Gasteiger partial charge in [0, 0.05) is 24.3 Å². The quantitative estimate of drug-likeness (QED) is 0.902. The van der Waals surface area contributed by atoms with E-state index in [4.69, 9.17) is 5.73 Å². The van der Waals surface area contributed by atoms with Crippen molar-refractivity contribution < 1.29 is 0 Å². The Labute approximate surface area is 124 Å². The summed E-state index contributed by atoms with van der Waals surface area (Å²) in [5, 5.41) is 0. The average Bonchev–Trinajstić information content (AvgIpc) is 2.42. The van der Waals surface area contributed by atoms with Crippen molar-refractivity contribution in [2.24, 2.45) is 11.7 Å². The smallest absolute Gasteiger partial charge is 0.0402 e. The van der Waals surface area contributed by atoms with E-state index in [0.29, 0.717) is 6.04 Å². The van der Waals surface area contributed by atoms with Crippen LogP contribution in [0.3, 0.4) is 0 Å². The first-order valence-electron chi connectivity index (χ1n) is 8.14. The van der Waals surface area contributed by atoms with Gasteiger partial charge in [0.25, 0.3) is 0 Å². The summed E-state index contributed by atoms with van der Waals surface area (Å²) >= 11 is 0. The molecule has 0 aliphatic carbocycles. The Hall–Kier alpha value is -1.02. The van der Waals surface area contributed by atoms with Crippen molar-refractivity contribution >= 4 is 5.69 Å². The third-order valence-electron chi connectivity index (χ3n) is 4.92. The molecule has 0 bridgehead atoms. The van der Waals surface area contributed by atoms with Gasteiger partial charge in [0.1, 0.15) is 0 Å². The van der Waals surface area contributed by atoms with Gasteiger partial charge in [-0.05, 0) is 57.1 Å². The highest BCUT2D eigenvalue weighted by Crippen LogP contribution is 2.32. The van der Waals surface area contributed by atoms with E-state index >= 15 is 0 Å². The van der Waals surface area contributed by atoms with Crippen molar-refractivity contribution in [2.75, 3.05) is 11.4 Å². The topological polar surface area (TPSA) is 29.3 Å². The van der Waals surface area contributed by atoms with Crippen molar-refractivity contribution in [3.05, 3.63) is 29.3 Å². The lowest BCUT2D eigenvalue weighted by atomic mass is 9.90. The maximum absolute atomic E-state index is 6.20. The molecule has 2 rings (SSSR count). The zero-order valence-corrected chi connectivity index (χ0v) is 13.5. The van der Waals surface area contributed by atoms with E-state index in [2.05, 4.69) is 50.8 Å². The first-order chi connectivity index (χ1) is 9.52. The maximum Gasteiger partial charge on any atom is 0.0402 e. The van der Waals surface area contributed by atoms with Crippen LogP contribution >= 0.6 is 0 Å². The number of rotatable bonds is 4. The predicted octanol–water partition coefficient (Wildman–Crippen LogP) is 3.90. The van der Waals surface area contributed by atoms with E-state index in [0.717, 1.165) is 18.8 Å². The van der Waals surface area contributed by atoms with E-state index in [1.54, 1.807) is 0 Å². The van der Waals surface area contributed by atoms with Crippen LogP contribution in [0.15, 0.2) is 18.2 Å². The van der Waals surface area contributed by atoms with Gasteiger partial charge in [-0.2, -0.15) is 0 Å². The standard InChI is InChI=1S/C18H30N2/c1-5-17(19)12-16-11-13(2)8-9-18(16)20-10-6-7-14(3)15(20)4/h8-9,11,14-15,17H,5-7,10,12,19H2,1-4H3. The Balaban J connectivity index is 2.30. The molecule has 0 saturated carbocycles. The highest BCUT2D eigenvalue weighted by molar-refractivity contribution is 5.56. The summed E-state index contributed by atoms with van der Waals surface area (Å²) in [6, 6.07) is 7.77. The molecule has 0 aromatic heterocycles. The van der Waals surface area contributed by atoms with Gasteiger partial charge in [-0.15, -0.1) is 0 Å². The molecule has 0 spiro atoms. The normalized spacial score (nSPS) is 24.8. The Bertz CT molecular complexity index is 441.